The number of halogens is 3. The highest BCUT2D eigenvalue weighted by molar-refractivity contribution is 7.99. The Labute approximate surface area is 126 Å². The molecule has 0 fully saturated rings. The lowest BCUT2D eigenvalue weighted by Crippen LogP contribution is -2.21. The highest BCUT2D eigenvalue weighted by Gasteiger charge is 2.12. The summed E-state index contributed by atoms with van der Waals surface area (Å²) in [4.78, 5) is 0.859. The predicted octanol–water partition coefficient (Wildman–Crippen LogP) is 4.53. The monoisotopic (exact) mass is 311 g/mol. The Morgan fingerprint density at radius 3 is 2.38 bits per heavy atom. The fourth-order valence-corrected chi connectivity index (χ4v) is 2.89. The van der Waals surface area contributed by atoms with Crippen molar-refractivity contribution in [1.82, 2.24) is 0 Å². The highest BCUT2D eigenvalue weighted by atomic mass is 32.2. The summed E-state index contributed by atoms with van der Waals surface area (Å²) in [5.41, 5.74) is 6.61. The number of benzene rings is 2. The van der Waals surface area contributed by atoms with Gasteiger partial charge in [0.1, 0.15) is 17.5 Å². The zero-order valence-corrected chi connectivity index (χ0v) is 12.4. The van der Waals surface area contributed by atoms with E-state index in [2.05, 4.69) is 0 Å². The molecular weight excluding hydrogens is 295 g/mol. The molecule has 0 spiro atoms. The Balaban J connectivity index is 2.32. The molecule has 2 N–H and O–H groups in total. The SMILES string of the molecule is CCC(N)Cc1cc(F)ccc1Sc1cc(F)ccc1F. The molecule has 0 aliphatic carbocycles. The van der Waals surface area contributed by atoms with Crippen LogP contribution in [0.1, 0.15) is 18.9 Å². The van der Waals surface area contributed by atoms with Crippen LogP contribution in [0.2, 0.25) is 0 Å². The van der Waals surface area contributed by atoms with Gasteiger partial charge in [-0.3, -0.25) is 0 Å². The average molecular weight is 311 g/mol. The van der Waals surface area contributed by atoms with E-state index >= 15 is 0 Å². The van der Waals surface area contributed by atoms with Gasteiger partial charge < -0.3 is 5.73 Å². The molecule has 0 saturated carbocycles. The Morgan fingerprint density at radius 1 is 1.00 bits per heavy atom. The van der Waals surface area contributed by atoms with E-state index in [1.807, 2.05) is 6.92 Å². The van der Waals surface area contributed by atoms with Gasteiger partial charge in [-0.2, -0.15) is 0 Å². The molecular formula is C16H16F3NS. The van der Waals surface area contributed by atoms with Gasteiger partial charge in [-0.15, -0.1) is 0 Å². The molecule has 0 aliphatic heterocycles. The standard InChI is InChI=1S/C16H16F3NS/c1-2-13(20)8-10-7-11(17)4-6-15(10)21-16-9-12(18)3-5-14(16)19/h3-7,9,13H,2,8,20H2,1H3. The predicted molar refractivity (Wildman–Crippen MR) is 78.9 cm³/mol. The first-order valence-corrected chi connectivity index (χ1v) is 7.48. The van der Waals surface area contributed by atoms with Gasteiger partial charge in [0, 0.05) is 10.9 Å². The molecule has 0 radical (unpaired) electrons. The Bertz CT molecular complexity index is 631. The van der Waals surface area contributed by atoms with Crippen LogP contribution < -0.4 is 5.73 Å². The second-order valence-corrected chi connectivity index (χ2v) is 5.89. The molecule has 0 bridgehead atoms. The smallest absolute Gasteiger partial charge is 0.137 e. The van der Waals surface area contributed by atoms with Crippen molar-refractivity contribution in [2.45, 2.75) is 35.6 Å². The van der Waals surface area contributed by atoms with Gasteiger partial charge in [0.05, 0.1) is 4.90 Å². The molecule has 1 unspecified atom stereocenters. The summed E-state index contributed by atoms with van der Waals surface area (Å²) in [6, 6.07) is 7.46. The van der Waals surface area contributed by atoms with E-state index in [0.717, 1.165) is 36.4 Å². The number of nitrogens with two attached hydrogens (primary N) is 1. The van der Waals surface area contributed by atoms with Crippen LogP contribution >= 0.6 is 11.8 Å². The summed E-state index contributed by atoms with van der Waals surface area (Å²) in [5, 5.41) is 0. The molecule has 5 heteroatoms. The maximum atomic E-state index is 13.7. The average Bonchev–Trinajstić information content (AvgIpc) is 2.45. The van der Waals surface area contributed by atoms with Crippen molar-refractivity contribution in [1.29, 1.82) is 0 Å². The Kier molecular flexibility index (Phi) is 5.31. The molecule has 0 aliphatic rings. The lowest BCUT2D eigenvalue weighted by atomic mass is 10.0. The van der Waals surface area contributed by atoms with Crippen LogP contribution in [0.15, 0.2) is 46.2 Å². The maximum Gasteiger partial charge on any atom is 0.137 e. The highest BCUT2D eigenvalue weighted by Crippen LogP contribution is 2.33. The molecule has 1 atom stereocenters. The fraction of sp³-hybridized carbons (Fsp3) is 0.250. The van der Waals surface area contributed by atoms with E-state index in [4.69, 9.17) is 5.73 Å². The lowest BCUT2D eigenvalue weighted by Gasteiger charge is -2.13. The zero-order valence-electron chi connectivity index (χ0n) is 11.6. The van der Waals surface area contributed by atoms with Gasteiger partial charge in [0.2, 0.25) is 0 Å². The van der Waals surface area contributed by atoms with Gasteiger partial charge in [-0.1, -0.05) is 18.7 Å². The summed E-state index contributed by atoms with van der Waals surface area (Å²) in [7, 11) is 0. The van der Waals surface area contributed by atoms with Gasteiger partial charge >= 0.3 is 0 Å². The van der Waals surface area contributed by atoms with Gasteiger partial charge in [0.25, 0.3) is 0 Å². The van der Waals surface area contributed by atoms with Crippen LogP contribution in [-0.4, -0.2) is 6.04 Å². The van der Waals surface area contributed by atoms with Gasteiger partial charge in [0.15, 0.2) is 0 Å². The molecule has 112 valence electrons. The second kappa shape index (κ2) is 7.00. The van der Waals surface area contributed by atoms with Crippen molar-refractivity contribution < 1.29 is 13.2 Å². The second-order valence-electron chi connectivity index (χ2n) is 4.80. The zero-order chi connectivity index (χ0) is 15.4. The van der Waals surface area contributed by atoms with Crippen LogP contribution in [-0.2, 0) is 6.42 Å². The number of hydrogen-bond donors (Lipinski definition) is 1. The van der Waals surface area contributed by atoms with Crippen molar-refractivity contribution in [3.05, 3.63) is 59.4 Å². The van der Waals surface area contributed by atoms with Crippen molar-refractivity contribution in [2.75, 3.05) is 0 Å². The molecule has 1 nitrogen and oxygen atoms in total. The minimum atomic E-state index is -0.507. The van der Waals surface area contributed by atoms with Crippen LogP contribution in [0.5, 0.6) is 0 Å². The molecule has 0 saturated heterocycles. The third kappa shape index (κ3) is 4.25. The largest absolute Gasteiger partial charge is 0.327 e. The van der Waals surface area contributed by atoms with E-state index in [9.17, 15) is 13.2 Å². The molecule has 0 heterocycles. The maximum absolute atomic E-state index is 13.7. The molecule has 0 aromatic heterocycles. The fourth-order valence-electron chi connectivity index (χ4n) is 1.91. The van der Waals surface area contributed by atoms with Crippen LogP contribution in [0, 0.1) is 17.5 Å². The van der Waals surface area contributed by atoms with Gasteiger partial charge in [-0.05, 0) is 54.8 Å². The van der Waals surface area contributed by atoms with E-state index in [1.54, 1.807) is 6.07 Å². The third-order valence-electron chi connectivity index (χ3n) is 3.14. The molecule has 2 rings (SSSR count). The first-order chi connectivity index (χ1) is 9.99. The van der Waals surface area contributed by atoms with Crippen molar-refractivity contribution in [3.8, 4) is 0 Å². The quantitative estimate of drug-likeness (QED) is 0.877. The Morgan fingerprint density at radius 2 is 1.67 bits per heavy atom. The molecule has 2 aromatic rings. The summed E-state index contributed by atoms with van der Waals surface area (Å²) in [6.07, 6.45) is 1.25. The summed E-state index contributed by atoms with van der Waals surface area (Å²) >= 11 is 1.08. The third-order valence-corrected chi connectivity index (χ3v) is 4.29. The molecule has 0 amide bonds. The topological polar surface area (TPSA) is 26.0 Å². The van der Waals surface area contributed by atoms with Crippen molar-refractivity contribution >= 4 is 11.8 Å². The normalized spacial score (nSPS) is 12.4. The minimum absolute atomic E-state index is 0.0940. The van der Waals surface area contributed by atoms with Crippen LogP contribution in [0.4, 0.5) is 13.2 Å². The molecule has 2 aromatic carbocycles. The summed E-state index contributed by atoms with van der Waals surface area (Å²) in [6.45, 7) is 1.95. The van der Waals surface area contributed by atoms with Gasteiger partial charge in [-0.25, -0.2) is 13.2 Å². The molecule has 21 heavy (non-hydrogen) atoms. The summed E-state index contributed by atoms with van der Waals surface area (Å²) in [5.74, 6) is -1.37. The van der Waals surface area contributed by atoms with E-state index < -0.39 is 11.6 Å². The minimum Gasteiger partial charge on any atom is -0.327 e. The van der Waals surface area contributed by atoms with E-state index in [0.29, 0.717) is 16.9 Å². The number of rotatable bonds is 5. The van der Waals surface area contributed by atoms with E-state index in [-0.39, 0.29) is 16.8 Å². The Hall–Kier alpha value is -1.46. The lowest BCUT2D eigenvalue weighted by molar-refractivity contribution is 0.577. The van der Waals surface area contributed by atoms with E-state index in [1.165, 1.54) is 12.1 Å². The number of hydrogen-bond acceptors (Lipinski definition) is 2. The van der Waals surface area contributed by atoms with Crippen LogP contribution in [0.25, 0.3) is 0 Å². The first-order valence-electron chi connectivity index (χ1n) is 6.66. The van der Waals surface area contributed by atoms with Crippen molar-refractivity contribution in [3.63, 3.8) is 0 Å². The summed E-state index contributed by atoms with van der Waals surface area (Å²) < 4.78 is 40.3. The first kappa shape index (κ1) is 15.9. The van der Waals surface area contributed by atoms with Crippen molar-refractivity contribution in [2.24, 2.45) is 5.73 Å². The van der Waals surface area contributed by atoms with Crippen LogP contribution in [0.3, 0.4) is 0 Å².